The third kappa shape index (κ3) is 11.6. The first-order valence-corrected chi connectivity index (χ1v) is 6.17. The van der Waals surface area contributed by atoms with Crippen molar-refractivity contribution in [3.63, 3.8) is 0 Å². The van der Waals surface area contributed by atoms with Crippen molar-refractivity contribution in [3.8, 4) is 0 Å². The largest absolute Gasteiger partial charge is 0.464 e. The van der Waals surface area contributed by atoms with E-state index in [2.05, 4.69) is 31.2 Å². The number of nitrogens with zero attached hydrogens (tertiary/aromatic N) is 1. The first-order chi connectivity index (χ1) is 8.06. The summed E-state index contributed by atoms with van der Waals surface area (Å²) >= 11 is 0. The molecule has 0 spiro atoms. The molecule has 0 radical (unpaired) electrons. The topological polar surface area (TPSA) is 50.8 Å². The molecule has 0 aromatic rings. The van der Waals surface area contributed by atoms with Gasteiger partial charge in [-0.15, -0.1) is 0 Å². The van der Waals surface area contributed by atoms with E-state index in [4.69, 9.17) is 9.47 Å². The van der Waals surface area contributed by atoms with E-state index in [0.29, 0.717) is 19.3 Å². The minimum Gasteiger partial charge on any atom is -0.464 e. The highest BCUT2D eigenvalue weighted by atomic mass is 16.6. The van der Waals surface area contributed by atoms with Gasteiger partial charge in [-0.25, -0.2) is 4.79 Å². The molecule has 0 amide bonds. The molecule has 1 atom stereocenters. The Bertz CT molecular complexity index is 198. The molecule has 0 aromatic heterocycles. The first-order valence-electron chi connectivity index (χ1n) is 6.17. The summed E-state index contributed by atoms with van der Waals surface area (Å²) in [5.41, 5.74) is 0. The number of carbonyl (C=O) groups is 1. The molecule has 0 rings (SSSR count). The monoisotopic (exact) mass is 246 g/mol. The Labute approximate surface area is 104 Å². The van der Waals surface area contributed by atoms with Crippen molar-refractivity contribution >= 4 is 5.97 Å². The lowest BCUT2D eigenvalue weighted by molar-refractivity contribution is -0.148. The van der Waals surface area contributed by atoms with Crippen molar-refractivity contribution in [1.29, 1.82) is 0 Å². The quantitative estimate of drug-likeness (QED) is 0.449. The molecule has 0 aromatic carbocycles. The summed E-state index contributed by atoms with van der Waals surface area (Å²) in [7, 11) is 4.13. The van der Waals surface area contributed by atoms with Crippen LogP contribution < -0.4 is 5.32 Å². The van der Waals surface area contributed by atoms with Gasteiger partial charge < -0.3 is 19.7 Å². The summed E-state index contributed by atoms with van der Waals surface area (Å²) < 4.78 is 9.92. The predicted octanol–water partition coefficient (Wildman–Crippen LogP) is 0.496. The van der Waals surface area contributed by atoms with Gasteiger partial charge in [0.2, 0.25) is 0 Å². The van der Waals surface area contributed by atoms with Gasteiger partial charge in [-0.2, -0.15) is 0 Å². The predicted molar refractivity (Wildman–Crippen MR) is 68.1 cm³/mol. The molecule has 0 heterocycles. The van der Waals surface area contributed by atoms with E-state index in [9.17, 15) is 4.79 Å². The summed E-state index contributed by atoms with van der Waals surface area (Å²) in [5.74, 6) is -0.298. The number of esters is 1. The maximum atomic E-state index is 10.9. The van der Waals surface area contributed by atoms with E-state index in [-0.39, 0.29) is 12.6 Å². The van der Waals surface area contributed by atoms with Crippen LogP contribution >= 0.6 is 0 Å². The Kier molecular flexibility index (Phi) is 10.1. The van der Waals surface area contributed by atoms with Gasteiger partial charge in [0.05, 0.1) is 13.2 Å². The summed E-state index contributed by atoms with van der Waals surface area (Å²) in [4.78, 5) is 13.1. The molecule has 0 saturated heterocycles. The van der Waals surface area contributed by atoms with Crippen LogP contribution in [0.2, 0.25) is 0 Å². The Morgan fingerprint density at radius 1 is 1.41 bits per heavy atom. The molecule has 0 aliphatic rings. The molecule has 102 valence electrons. The van der Waals surface area contributed by atoms with Gasteiger partial charge in [-0.1, -0.05) is 0 Å². The van der Waals surface area contributed by atoms with Crippen LogP contribution in [-0.4, -0.2) is 63.9 Å². The number of nitrogens with one attached hydrogen (secondary N) is 1. The van der Waals surface area contributed by atoms with Gasteiger partial charge in [-0.05, 0) is 40.9 Å². The van der Waals surface area contributed by atoms with Crippen LogP contribution in [0.1, 0.15) is 20.3 Å². The van der Waals surface area contributed by atoms with E-state index in [1.165, 1.54) is 0 Å². The second-order valence-electron chi connectivity index (χ2n) is 4.30. The van der Waals surface area contributed by atoms with Crippen LogP contribution in [0.3, 0.4) is 0 Å². The van der Waals surface area contributed by atoms with Crippen molar-refractivity contribution in [2.45, 2.75) is 26.3 Å². The van der Waals surface area contributed by atoms with E-state index in [1.54, 1.807) is 6.92 Å². The van der Waals surface area contributed by atoms with Crippen molar-refractivity contribution in [3.05, 3.63) is 0 Å². The normalized spacial score (nSPS) is 12.8. The zero-order valence-corrected chi connectivity index (χ0v) is 11.5. The fraction of sp³-hybridized carbons (Fsp3) is 0.917. The van der Waals surface area contributed by atoms with E-state index in [1.807, 2.05) is 0 Å². The van der Waals surface area contributed by atoms with Crippen molar-refractivity contribution in [2.24, 2.45) is 0 Å². The molecule has 5 nitrogen and oxygen atoms in total. The van der Waals surface area contributed by atoms with Crippen LogP contribution in [-0.2, 0) is 14.3 Å². The molecular weight excluding hydrogens is 220 g/mol. The lowest BCUT2D eigenvalue weighted by atomic mass is 10.2. The standard InChI is InChI=1S/C12H26N2O3/c1-5-17-12(15)10-16-9-7-13-11(2)6-8-14(3)4/h11,13H,5-10H2,1-4H3. The minimum absolute atomic E-state index is 0.0433. The maximum Gasteiger partial charge on any atom is 0.332 e. The molecule has 17 heavy (non-hydrogen) atoms. The van der Waals surface area contributed by atoms with Crippen LogP contribution in [0.15, 0.2) is 0 Å². The highest BCUT2D eigenvalue weighted by Gasteiger charge is 2.03. The van der Waals surface area contributed by atoms with Gasteiger partial charge in [-0.3, -0.25) is 0 Å². The Hall–Kier alpha value is -0.650. The van der Waals surface area contributed by atoms with Gasteiger partial charge in [0, 0.05) is 12.6 Å². The highest BCUT2D eigenvalue weighted by molar-refractivity contribution is 5.70. The summed E-state index contributed by atoms with van der Waals surface area (Å²) in [6.07, 6.45) is 1.10. The second kappa shape index (κ2) is 10.5. The lowest BCUT2D eigenvalue weighted by Crippen LogP contribution is -2.32. The van der Waals surface area contributed by atoms with Gasteiger partial charge >= 0.3 is 5.97 Å². The fourth-order valence-electron chi connectivity index (χ4n) is 1.29. The van der Waals surface area contributed by atoms with Crippen molar-refractivity contribution < 1.29 is 14.3 Å². The molecule has 0 aliphatic heterocycles. The summed E-state index contributed by atoms with van der Waals surface area (Å²) in [5, 5.41) is 3.34. The molecule has 0 aliphatic carbocycles. The van der Waals surface area contributed by atoms with Crippen LogP contribution in [0, 0.1) is 0 Å². The zero-order valence-electron chi connectivity index (χ0n) is 11.5. The molecule has 0 fully saturated rings. The number of hydrogen-bond acceptors (Lipinski definition) is 5. The molecule has 0 saturated carbocycles. The third-order valence-electron chi connectivity index (χ3n) is 2.27. The Morgan fingerprint density at radius 2 is 2.12 bits per heavy atom. The Balaban J connectivity index is 3.30. The molecule has 0 bridgehead atoms. The van der Waals surface area contributed by atoms with Crippen LogP contribution in [0.5, 0.6) is 0 Å². The SMILES string of the molecule is CCOC(=O)COCCNC(C)CCN(C)C. The van der Waals surface area contributed by atoms with Crippen molar-refractivity contribution in [2.75, 3.05) is 47.0 Å². The van der Waals surface area contributed by atoms with Crippen LogP contribution in [0.4, 0.5) is 0 Å². The van der Waals surface area contributed by atoms with E-state index in [0.717, 1.165) is 19.5 Å². The van der Waals surface area contributed by atoms with Crippen molar-refractivity contribution in [1.82, 2.24) is 10.2 Å². The maximum absolute atomic E-state index is 10.9. The van der Waals surface area contributed by atoms with Gasteiger partial charge in [0.1, 0.15) is 6.61 Å². The smallest absolute Gasteiger partial charge is 0.332 e. The molecule has 1 N–H and O–H groups in total. The fourth-order valence-corrected chi connectivity index (χ4v) is 1.29. The average Bonchev–Trinajstić information content (AvgIpc) is 2.26. The van der Waals surface area contributed by atoms with E-state index < -0.39 is 0 Å². The number of carbonyl (C=O) groups excluding carboxylic acids is 1. The summed E-state index contributed by atoms with van der Waals surface area (Å²) in [6, 6.07) is 0.462. The number of ether oxygens (including phenoxy) is 2. The summed E-state index contributed by atoms with van der Waals surface area (Å²) in [6.45, 7) is 6.74. The van der Waals surface area contributed by atoms with Gasteiger partial charge in [0.15, 0.2) is 0 Å². The van der Waals surface area contributed by atoms with E-state index >= 15 is 0 Å². The second-order valence-corrected chi connectivity index (χ2v) is 4.30. The molecular formula is C12H26N2O3. The molecule has 1 unspecified atom stereocenters. The Morgan fingerprint density at radius 3 is 2.71 bits per heavy atom. The lowest BCUT2D eigenvalue weighted by Gasteiger charge is -2.16. The third-order valence-corrected chi connectivity index (χ3v) is 2.27. The van der Waals surface area contributed by atoms with Crippen LogP contribution in [0.25, 0.3) is 0 Å². The van der Waals surface area contributed by atoms with Gasteiger partial charge in [0.25, 0.3) is 0 Å². The average molecular weight is 246 g/mol. The number of hydrogen-bond donors (Lipinski definition) is 1. The molecule has 5 heteroatoms. The minimum atomic E-state index is -0.298. The first kappa shape index (κ1) is 16.4. The zero-order chi connectivity index (χ0) is 13.1. The highest BCUT2D eigenvalue weighted by Crippen LogP contribution is 1.91. The number of rotatable bonds is 10.